The van der Waals surface area contributed by atoms with E-state index >= 15 is 0 Å². The molecular formula is C23H27N3O4S3. The summed E-state index contributed by atoms with van der Waals surface area (Å²) in [7, 11) is -3.06. The van der Waals surface area contributed by atoms with Gasteiger partial charge in [-0.15, -0.1) is 11.3 Å². The van der Waals surface area contributed by atoms with Crippen molar-refractivity contribution in [2.24, 2.45) is 0 Å². The number of benzene rings is 1. The van der Waals surface area contributed by atoms with Gasteiger partial charge in [0, 0.05) is 10.9 Å². The number of rotatable bonds is 7. The highest BCUT2D eigenvalue weighted by atomic mass is 32.2. The fourth-order valence-corrected chi connectivity index (χ4v) is 7.66. The third-order valence-electron chi connectivity index (χ3n) is 5.83. The number of thiophene rings is 1. The van der Waals surface area contributed by atoms with Crippen LogP contribution >= 0.6 is 23.1 Å². The molecule has 0 spiro atoms. The number of amides is 1. The first-order chi connectivity index (χ1) is 15.7. The van der Waals surface area contributed by atoms with Gasteiger partial charge in [0.1, 0.15) is 4.83 Å². The predicted octanol–water partition coefficient (Wildman–Crippen LogP) is 3.08. The Morgan fingerprint density at radius 3 is 2.64 bits per heavy atom. The summed E-state index contributed by atoms with van der Waals surface area (Å²) in [4.78, 5) is 32.6. The summed E-state index contributed by atoms with van der Waals surface area (Å²) in [5.74, 6) is -0.0976. The van der Waals surface area contributed by atoms with Crippen molar-refractivity contribution in [3.05, 3.63) is 56.2 Å². The molecule has 1 aliphatic rings. The number of aryl methyl sites for hydroxylation is 3. The Bertz CT molecular complexity index is 1360. The molecule has 4 rings (SSSR count). The van der Waals surface area contributed by atoms with Crippen LogP contribution in [0, 0.1) is 13.8 Å². The number of hydrogen-bond donors (Lipinski definition) is 1. The summed E-state index contributed by atoms with van der Waals surface area (Å²) in [6.07, 6.45) is 1.27. The average Bonchev–Trinajstić information content (AvgIpc) is 3.28. The number of carbonyl (C=O) groups is 1. The number of fused-ring (bicyclic) bond motifs is 1. The number of sulfone groups is 1. The summed E-state index contributed by atoms with van der Waals surface area (Å²) >= 11 is 2.73. The van der Waals surface area contributed by atoms with Gasteiger partial charge in [0.25, 0.3) is 5.56 Å². The molecule has 2 aromatic heterocycles. The van der Waals surface area contributed by atoms with E-state index in [1.807, 2.05) is 38.1 Å². The zero-order chi connectivity index (χ0) is 23.8. The second-order valence-electron chi connectivity index (χ2n) is 8.41. The number of thioether (sulfide) groups is 1. The highest BCUT2D eigenvalue weighted by molar-refractivity contribution is 7.99. The van der Waals surface area contributed by atoms with E-state index in [2.05, 4.69) is 12.2 Å². The number of nitrogens with one attached hydrogen (secondary N) is 1. The molecule has 1 unspecified atom stereocenters. The molecule has 33 heavy (non-hydrogen) atoms. The fourth-order valence-electron chi connectivity index (χ4n) is 4.02. The number of carbonyl (C=O) groups excluding carboxylic acids is 1. The lowest BCUT2D eigenvalue weighted by atomic mass is 10.1. The first-order valence-corrected chi connectivity index (χ1v) is 14.5. The molecule has 1 fully saturated rings. The Labute approximate surface area is 201 Å². The Kier molecular flexibility index (Phi) is 6.97. The third-order valence-corrected chi connectivity index (χ3v) is 9.90. The summed E-state index contributed by atoms with van der Waals surface area (Å²) in [5, 5.41) is 3.94. The Morgan fingerprint density at radius 2 is 2.00 bits per heavy atom. The van der Waals surface area contributed by atoms with Crippen LogP contribution in [0.4, 0.5) is 0 Å². The van der Waals surface area contributed by atoms with Crippen molar-refractivity contribution in [1.29, 1.82) is 0 Å². The van der Waals surface area contributed by atoms with E-state index in [-0.39, 0.29) is 34.8 Å². The van der Waals surface area contributed by atoms with Gasteiger partial charge in [0.2, 0.25) is 5.91 Å². The minimum atomic E-state index is -3.06. The van der Waals surface area contributed by atoms with Crippen LogP contribution < -0.4 is 10.9 Å². The first-order valence-electron chi connectivity index (χ1n) is 10.9. The van der Waals surface area contributed by atoms with Crippen LogP contribution in [0.3, 0.4) is 0 Å². The monoisotopic (exact) mass is 505 g/mol. The van der Waals surface area contributed by atoms with Crippen molar-refractivity contribution in [2.75, 3.05) is 17.3 Å². The van der Waals surface area contributed by atoms with Crippen molar-refractivity contribution >= 4 is 49.1 Å². The van der Waals surface area contributed by atoms with Crippen LogP contribution in [0.1, 0.15) is 34.9 Å². The van der Waals surface area contributed by atoms with Gasteiger partial charge in [0.05, 0.1) is 29.2 Å². The van der Waals surface area contributed by atoms with Crippen LogP contribution in [0.25, 0.3) is 10.2 Å². The Morgan fingerprint density at radius 1 is 1.27 bits per heavy atom. The normalized spacial score (nSPS) is 17.5. The molecule has 3 heterocycles. The first kappa shape index (κ1) is 24.0. The summed E-state index contributed by atoms with van der Waals surface area (Å²) < 4.78 is 25.0. The van der Waals surface area contributed by atoms with E-state index in [4.69, 9.17) is 4.98 Å². The average molecular weight is 506 g/mol. The van der Waals surface area contributed by atoms with E-state index in [9.17, 15) is 18.0 Å². The van der Waals surface area contributed by atoms with Crippen molar-refractivity contribution in [2.45, 2.75) is 51.4 Å². The minimum absolute atomic E-state index is 0.0139. The maximum absolute atomic E-state index is 13.5. The van der Waals surface area contributed by atoms with Gasteiger partial charge in [-0.25, -0.2) is 13.4 Å². The van der Waals surface area contributed by atoms with Crippen LogP contribution in [0.5, 0.6) is 0 Å². The van der Waals surface area contributed by atoms with Gasteiger partial charge in [-0.2, -0.15) is 0 Å². The van der Waals surface area contributed by atoms with Gasteiger partial charge in [-0.1, -0.05) is 48.5 Å². The zero-order valence-electron chi connectivity index (χ0n) is 18.9. The molecule has 1 aromatic carbocycles. The number of hydrogen-bond acceptors (Lipinski definition) is 7. The molecule has 1 saturated heterocycles. The minimum Gasteiger partial charge on any atom is -0.352 e. The van der Waals surface area contributed by atoms with E-state index in [0.717, 1.165) is 28.0 Å². The number of nitrogens with zero attached hydrogens (tertiary/aromatic N) is 2. The topological polar surface area (TPSA) is 98.1 Å². The van der Waals surface area contributed by atoms with E-state index in [1.54, 1.807) is 4.57 Å². The zero-order valence-corrected chi connectivity index (χ0v) is 21.3. The molecule has 7 nitrogen and oxygen atoms in total. The highest BCUT2D eigenvalue weighted by Crippen LogP contribution is 2.29. The molecule has 0 aliphatic carbocycles. The van der Waals surface area contributed by atoms with Crippen LogP contribution in [-0.2, 0) is 27.6 Å². The summed E-state index contributed by atoms with van der Waals surface area (Å²) in [6.45, 7) is 6.41. The van der Waals surface area contributed by atoms with E-state index in [1.165, 1.54) is 23.1 Å². The Hall–Kier alpha value is -2.17. The van der Waals surface area contributed by atoms with Crippen LogP contribution in [-0.4, -0.2) is 47.2 Å². The van der Waals surface area contributed by atoms with Crippen LogP contribution in [0.15, 0.2) is 34.2 Å². The molecule has 0 radical (unpaired) electrons. The van der Waals surface area contributed by atoms with Gasteiger partial charge in [-0.3, -0.25) is 14.2 Å². The van der Waals surface area contributed by atoms with Crippen molar-refractivity contribution < 1.29 is 13.2 Å². The second-order valence-corrected chi connectivity index (χ2v) is 12.7. The molecule has 1 N–H and O–H groups in total. The molecule has 1 atom stereocenters. The lowest BCUT2D eigenvalue weighted by Gasteiger charge is -2.14. The van der Waals surface area contributed by atoms with Gasteiger partial charge in [-0.05, 0) is 37.8 Å². The smallest absolute Gasteiger partial charge is 0.263 e. The van der Waals surface area contributed by atoms with Gasteiger partial charge >= 0.3 is 0 Å². The molecule has 0 saturated carbocycles. The largest absolute Gasteiger partial charge is 0.352 e. The summed E-state index contributed by atoms with van der Waals surface area (Å²) in [5.41, 5.74) is 3.00. The van der Waals surface area contributed by atoms with Crippen LogP contribution in [0.2, 0.25) is 0 Å². The summed E-state index contributed by atoms with van der Waals surface area (Å²) in [6, 6.07) is 7.65. The van der Waals surface area contributed by atoms with Crippen molar-refractivity contribution in [3.63, 3.8) is 0 Å². The molecule has 1 amide bonds. The highest BCUT2D eigenvalue weighted by Gasteiger charge is 2.29. The van der Waals surface area contributed by atoms with Crippen molar-refractivity contribution in [1.82, 2.24) is 14.9 Å². The number of aromatic nitrogens is 2. The molecular weight excluding hydrogens is 478 g/mol. The predicted molar refractivity (Wildman–Crippen MR) is 134 cm³/mol. The van der Waals surface area contributed by atoms with E-state index in [0.29, 0.717) is 28.3 Å². The molecule has 1 aliphatic heterocycles. The maximum atomic E-state index is 13.5. The quantitative estimate of drug-likeness (QED) is 0.391. The van der Waals surface area contributed by atoms with Gasteiger partial charge in [0.15, 0.2) is 15.0 Å². The second kappa shape index (κ2) is 9.60. The molecule has 3 aromatic rings. The maximum Gasteiger partial charge on any atom is 0.263 e. The molecule has 0 bridgehead atoms. The third kappa shape index (κ3) is 5.33. The lowest BCUT2D eigenvalue weighted by Crippen LogP contribution is -2.36. The van der Waals surface area contributed by atoms with Crippen molar-refractivity contribution in [3.8, 4) is 0 Å². The SMILES string of the molecule is CCc1sc2nc(SCC(=O)NC3CCS(=O)(=O)C3)n(Cc3ccc(C)cc3)c(=O)c2c1C. The molecule has 10 heteroatoms. The Balaban J connectivity index is 1.63. The lowest BCUT2D eigenvalue weighted by molar-refractivity contribution is -0.119. The van der Waals surface area contributed by atoms with E-state index < -0.39 is 9.84 Å². The standard InChI is InChI=1S/C23H27N3O4S3/c1-4-18-15(3)20-21(32-18)25-23(26(22(20)28)11-16-7-5-14(2)6-8-16)31-12-19(27)24-17-9-10-33(29,30)13-17/h5-8,17H,4,9-13H2,1-3H3,(H,24,27). The molecule has 176 valence electrons. The van der Waals surface area contributed by atoms with Gasteiger partial charge < -0.3 is 5.32 Å². The fraction of sp³-hybridized carbons (Fsp3) is 0.435.